The first-order chi connectivity index (χ1) is 66.3. The van der Waals surface area contributed by atoms with Crippen LogP contribution in [0, 0.1) is 70.5 Å². The standard InChI is InChI=1S/C39H57N5O7.C33H47Cl2N5O5.C32H40Cl2N4O6/c1-8-9-20-28(33(46)35(48)40-22-21-29(45)43(7)23-25-16-12-10-13-17-25)41-34(47)32-30-27(39(30,5)6)24-44(32)36(49)31(26-18-14-11-15-19-26)42-37(50)51-38(2,3)4;1-3-5-12-23(28(41)30(43)36-15-6-4-2)37-29(42)27-25-22(33(25,34)35)18-40(27)31(44)26(20-10-8-7-9-11-20)39-32(45)38-24-17-19-13-14-21(24)16-19;1-6-8-13-22(26(39)28(41)35-14-7-2)36-27(40)25-23-21(32(23,33)34)17-38(25)29(42)24(37-30(43)44-31(3,4)5)20-15-18-11-9-10-12-19(18)16-20/h8,10,12-13,16-17,26-28,30-32H,1,9,11,14-15,18-24H2,2-7H3,(H,40,48)(H,41,47)(H,42,50);3-4,19-27H,1-2,5-18H2,(H,36,43)(H,37,42)(H2,38,39,45);6-7,9-12,20-25H,1-2,8,13-17H2,3-5H3,(H,35,41)(H,36,40)(H,37,43)/t27-,28?,30-,31-,32-;19?,21?,22-,23?,24?,25-,26-,27-;21-,22?,23-,24-,25-/m000/s1. The number of hydrogen-bond donors (Lipinski definition) is 10. The van der Waals surface area contributed by atoms with Crippen molar-refractivity contribution in [3.8, 4) is 0 Å². The number of alkyl halides is 4. The quantitative estimate of drug-likeness (QED) is 0.0128. The molecule has 6 unspecified atom stereocenters. The van der Waals surface area contributed by atoms with Crippen molar-refractivity contribution in [3.05, 3.63) is 135 Å². The number of piperidine rings is 3. The van der Waals surface area contributed by atoms with Crippen LogP contribution in [-0.4, -0.2) is 241 Å². The maximum absolute atomic E-state index is 14.4. The number of rotatable bonds is 41. The van der Waals surface area contributed by atoms with Gasteiger partial charge in [0.05, 0.1) is 18.1 Å². The van der Waals surface area contributed by atoms with Crippen LogP contribution >= 0.6 is 46.4 Å². The van der Waals surface area contributed by atoms with Crippen molar-refractivity contribution in [1.82, 2.24) is 72.8 Å². The molecule has 13 rings (SSSR count). The van der Waals surface area contributed by atoms with Crippen molar-refractivity contribution < 1.29 is 86.2 Å². The Balaban J connectivity index is 0.000000202. The average molecular weight is 2020 g/mol. The molecule has 766 valence electrons. The normalized spacial score (nSPS) is 25.2. The highest BCUT2D eigenvalue weighted by Crippen LogP contribution is 2.68. The molecule has 3 saturated heterocycles. The summed E-state index contributed by atoms with van der Waals surface area (Å²) in [5.74, 6) is -9.26. The minimum absolute atomic E-state index is 0.00280. The Morgan fingerprint density at radius 1 is 0.464 bits per heavy atom. The van der Waals surface area contributed by atoms with E-state index in [1.54, 1.807) is 82.7 Å². The van der Waals surface area contributed by atoms with E-state index in [-0.39, 0.29) is 135 Å². The van der Waals surface area contributed by atoms with Gasteiger partial charge in [-0.3, -0.25) is 62.3 Å². The summed E-state index contributed by atoms with van der Waals surface area (Å²) in [6, 6.07) is 8.01. The van der Waals surface area contributed by atoms with Gasteiger partial charge in [0.2, 0.25) is 58.7 Å². The van der Waals surface area contributed by atoms with Crippen molar-refractivity contribution in [2.24, 2.45) is 70.5 Å². The van der Waals surface area contributed by atoms with E-state index >= 15 is 0 Å². The molecule has 10 N–H and O–H groups in total. The van der Waals surface area contributed by atoms with Crippen LogP contribution in [0.1, 0.15) is 213 Å². The zero-order valence-electron chi connectivity index (χ0n) is 82.3. The van der Waals surface area contributed by atoms with Crippen LogP contribution in [0.3, 0.4) is 0 Å². The molecule has 11 aliphatic rings. The molecule has 18 atom stereocenters. The summed E-state index contributed by atoms with van der Waals surface area (Å²) in [6.07, 6.45) is 23.1. The minimum atomic E-state index is -1.24. The monoisotopic (exact) mass is 2020 g/mol. The first-order valence-electron chi connectivity index (χ1n) is 49.8. The number of halogens is 4. The molecular formula is C104H144Cl4N14O18. The number of carbonyl (C=O) groups is 16. The molecule has 2 bridgehead atoms. The first kappa shape index (κ1) is 110. The molecule has 2 aromatic rings. The fourth-order valence-electron chi connectivity index (χ4n) is 22.2. The second-order valence-corrected chi connectivity index (χ2v) is 45.1. The Bertz CT molecular complexity index is 4910. The summed E-state index contributed by atoms with van der Waals surface area (Å²) in [5.41, 5.74) is 1.39. The molecular weight excluding hydrogens is 1880 g/mol. The van der Waals surface area contributed by atoms with Crippen molar-refractivity contribution in [3.63, 3.8) is 0 Å². The van der Waals surface area contributed by atoms with E-state index < -0.39 is 157 Å². The van der Waals surface area contributed by atoms with Crippen LogP contribution in [0.2, 0.25) is 0 Å². The maximum atomic E-state index is 14.4. The third-order valence-corrected chi connectivity index (χ3v) is 31.8. The lowest BCUT2D eigenvalue weighted by Gasteiger charge is -2.37. The molecule has 0 radical (unpaired) electrons. The van der Waals surface area contributed by atoms with Gasteiger partial charge >= 0.3 is 18.2 Å². The first-order valence-corrected chi connectivity index (χ1v) is 51.3. The van der Waals surface area contributed by atoms with E-state index in [0.717, 1.165) is 100 Å². The summed E-state index contributed by atoms with van der Waals surface area (Å²) < 4.78 is 8.59. The van der Waals surface area contributed by atoms with E-state index in [9.17, 15) is 76.7 Å². The molecule has 3 heterocycles. The van der Waals surface area contributed by atoms with E-state index in [4.69, 9.17) is 55.9 Å². The van der Waals surface area contributed by atoms with Gasteiger partial charge in [0.25, 0.3) is 17.7 Å². The van der Waals surface area contributed by atoms with Crippen LogP contribution in [0.4, 0.5) is 14.4 Å². The fraction of sp³-hybridized carbons (Fsp3) is 0.635. The topological polar surface area (TPSA) is 425 Å². The zero-order valence-corrected chi connectivity index (χ0v) is 85.3. The Labute approximate surface area is 842 Å². The number of nitrogens with one attached hydrogen (secondary N) is 10. The van der Waals surface area contributed by atoms with Gasteiger partial charge in [0.1, 0.15) is 56.1 Å². The van der Waals surface area contributed by atoms with Crippen molar-refractivity contribution >= 4 is 141 Å². The van der Waals surface area contributed by atoms with Gasteiger partial charge in [-0.1, -0.05) is 144 Å². The fourth-order valence-corrected chi connectivity index (χ4v) is 23.9. The average Bonchev–Trinajstić information content (AvgIpc) is 1.53. The third-order valence-electron chi connectivity index (χ3n) is 29.7. The second kappa shape index (κ2) is 48.3. The number of likely N-dealkylation sites (tertiary alicyclic amines) is 3. The Morgan fingerprint density at radius 3 is 1.27 bits per heavy atom. The third kappa shape index (κ3) is 27.6. The number of Topliss-reactive ketones (excluding diaryl/α,β-unsaturated/α-hetero) is 3. The molecule has 140 heavy (non-hydrogen) atoms. The van der Waals surface area contributed by atoms with Crippen molar-refractivity contribution in [2.75, 3.05) is 46.3 Å². The summed E-state index contributed by atoms with van der Waals surface area (Å²) in [6.45, 7) is 34.1. The lowest BCUT2D eigenvalue weighted by molar-refractivity contribution is -0.145. The molecule has 2 aromatic carbocycles. The van der Waals surface area contributed by atoms with Crippen molar-refractivity contribution in [2.45, 2.75) is 296 Å². The zero-order chi connectivity index (χ0) is 102. The molecule has 10 fully saturated rings. The van der Waals surface area contributed by atoms with Gasteiger partial charge in [-0.25, -0.2) is 14.4 Å². The molecule has 8 aliphatic carbocycles. The number of hydrogen-bond acceptors (Lipinski definition) is 18. The lowest BCUT2D eigenvalue weighted by atomic mass is 9.83. The Morgan fingerprint density at radius 2 is 0.864 bits per heavy atom. The highest BCUT2D eigenvalue weighted by atomic mass is 35.5. The number of carbonyl (C=O) groups excluding carboxylic acids is 16. The summed E-state index contributed by atoms with van der Waals surface area (Å²) in [7, 11) is 1.68. The predicted octanol–water partition coefficient (Wildman–Crippen LogP) is 11.1. The number of urea groups is 1. The van der Waals surface area contributed by atoms with Gasteiger partial charge in [0.15, 0.2) is 0 Å². The summed E-state index contributed by atoms with van der Waals surface area (Å²) in [4.78, 5) is 220. The number of ketones is 3. The van der Waals surface area contributed by atoms with Gasteiger partial charge in [-0.05, 0) is 208 Å². The van der Waals surface area contributed by atoms with Gasteiger partial charge < -0.3 is 82.2 Å². The Kier molecular flexibility index (Phi) is 38.0. The van der Waals surface area contributed by atoms with Crippen LogP contribution in [0.5, 0.6) is 0 Å². The van der Waals surface area contributed by atoms with E-state index in [2.05, 4.69) is 99.9 Å². The van der Waals surface area contributed by atoms with Crippen molar-refractivity contribution in [1.29, 1.82) is 0 Å². The minimum Gasteiger partial charge on any atom is -0.444 e. The van der Waals surface area contributed by atoms with E-state index in [1.165, 1.54) is 22.3 Å². The van der Waals surface area contributed by atoms with Crippen LogP contribution in [0.15, 0.2) is 118 Å². The predicted molar refractivity (Wildman–Crippen MR) is 532 cm³/mol. The highest BCUT2D eigenvalue weighted by molar-refractivity contribution is 6.52. The number of amides is 14. The maximum Gasteiger partial charge on any atom is 0.408 e. The second-order valence-electron chi connectivity index (χ2n) is 42.2. The number of ether oxygens (including phenoxy) is 2. The van der Waals surface area contributed by atoms with Crippen LogP contribution < -0.4 is 53.2 Å². The molecule has 7 saturated carbocycles. The number of nitrogens with zero attached hydrogens (tertiary/aromatic N) is 4. The van der Waals surface area contributed by atoms with Crippen LogP contribution in [-0.2, 0) is 91.2 Å². The SMILES string of the molecule is C=CCCC(NC(=O)[C@@H]1[C@@H]2[C@H](CN1C(=O)[C@@H](NC(=O)OC(C)(C)C)C1CCCCC1)C2(C)C)C(=O)C(=O)NCCC(=O)N(C)Cc1ccccc1.C=CCCC(NC(=O)[C@@H]1[C@@H]2[C@H](CN1C(=O)[C@@H](NC(=O)OC(C)(C)C)C1Cc3ccccc3C1)C2(Cl)Cl)C(=O)C(=O)NCC=C.C=CCCNC(=O)C(=O)C(CCC=C)NC(=O)[C@@H]1[C@@H]2[C@H](CN1C(=O)[C@@H](NC(=O)NC1CC3CCC1C3)C1CCCCC1)C2(Cl)Cl. The number of allylic oxidation sites excluding steroid dienone is 3. The summed E-state index contributed by atoms with van der Waals surface area (Å²) in [5, 5.41) is 27.6. The van der Waals surface area contributed by atoms with Gasteiger partial charge in [-0.2, -0.15) is 0 Å². The van der Waals surface area contributed by atoms with Gasteiger partial charge in [-0.15, -0.1) is 79.3 Å². The smallest absolute Gasteiger partial charge is 0.408 e. The highest BCUT2D eigenvalue weighted by Gasteiger charge is 2.76. The molecule has 32 nitrogen and oxygen atoms in total. The molecule has 0 spiro atoms. The number of fused-ring (bicyclic) bond motifs is 6. The van der Waals surface area contributed by atoms with Crippen LogP contribution in [0.25, 0.3) is 0 Å². The van der Waals surface area contributed by atoms with Gasteiger partial charge in [0, 0.05) is 89.0 Å². The molecule has 14 amide bonds. The number of benzene rings is 2. The van der Waals surface area contributed by atoms with E-state index in [0.29, 0.717) is 63.5 Å². The molecule has 36 heteroatoms. The lowest BCUT2D eigenvalue weighted by Crippen LogP contribution is -2.61. The largest absolute Gasteiger partial charge is 0.444 e. The summed E-state index contributed by atoms with van der Waals surface area (Å²) >= 11 is 26.2. The molecule has 0 aromatic heterocycles. The number of alkyl carbamates (subject to hydrolysis) is 2. The van der Waals surface area contributed by atoms with E-state index in [1.807, 2.05) is 54.6 Å². The molecule has 3 aliphatic heterocycles. The Hall–Kier alpha value is -10.2.